The summed E-state index contributed by atoms with van der Waals surface area (Å²) < 4.78 is 13.4. The van der Waals surface area contributed by atoms with Crippen molar-refractivity contribution in [2.24, 2.45) is 7.05 Å². The molecule has 5 rings (SSSR count). The van der Waals surface area contributed by atoms with Crippen molar-refractivity contribution >= 4 is 5.78 Å². The average molecular weight is 341 g/mol. The zero-order valence-electron chi connectivity index (χ0n) is 14.2. The van der Waals surface area contributed by atoms with Crippen LogP contribution in [0.4, 0.5) is 0 Å². The number of ether oxygens (including phenoxy) is 2. The maximum Gasteiger partial charge on any atom is 0.237 e. The second-order valence-corrected chi connectivity index (χ2v) is 7.55. The van der Waals surface area contributed by atoms with Crippen LogP contribution in [0.1, 0.15) is 41.7 Å². The molecule has 2 aliphatic heterocycles. The van der Waals surface area contributed by atoms with Gasteiger partial charge in [0.2, 0.25) is 11.2 Å². The highest BCUT2D eigenvalue weighted by Gasteiger charge is 2.61. The number of aryl methyl sites for hydroxylation is 1. The van der Waals surface area contributed by atoms with Crippen LogP contribution >= 0.6 is 0 Å². The highest BCUT2D eigenvalue weighted by atomic mass is 16.7. The number of fused-ring (bicyclic) bond motifs is 1. The summed E-state index contributed by atoms with van der Waals surface area (Å²) in [5, 5.41) is 10.5. The van der Waals surface area contributed by atoms with Crippen molar-refractivity contribution < 1.29 is 19.4 Å². The summed E-state index contributed by atoms with van der Waals surface area (Å²) >= 11 is 0. The first kappa shape index (κ1) is 15.1. The number of aliphatic hydroxyl groups excluding tert-OH is 1. The molecule has 0 saturated heterocycles. The van der Waals surface area contributed by atoms with Gasteiger partial charge in [0.15, 0.2) is 11.5 Å². The number of Topliss-reactive ketones (excluding diaryl/α,β-unsaturated/α-hetero) is 1. The van der Waals surface area contributed by atoms with Crippen molar-refractivity contribution in [2.45, 2.75) is 43.0 Å². The summed E-state index contributed by atoms with van der Waals surface area (Å²) in [7, 11) is 3.32. The van der Waals surface area contributed by atoms with E-state index in [1.54, 1.807) is 0 Å². The third-order valence-electron chi connectivity index (χ3n) is 6.25. The van der Waals surface area contributed by atoms with Crippen LogP contribution in [-0.2, 0) is 17.2 Å². The van der Waals surface area contributed by atoms with Gasteiger partial charge in [-0.05, 0) is 30.5 Å². The smallest absolute Gasteiger partial charge is 0.237 e. The number of pyridine rings is 1. The standard InChI is InChI=1S/C19H19NO5/c1-20-6-4-10-7-11(21)17-15-14(10)16(20)12(22)8-18(15)5-3-13(23)19(9-18,24-2)25-17/h4,6-7,13,23H,3,5,8-9H2,1-2H3/t13-,18-,19+/m0/s1. The maximum absolute atomic E-state index is 13.0. The van der Waals surface area contributed by atoms with Gasteiger partial charge >= 0.3 is 0 Å². The molecule has 0 aromatic carbocycles. The number of nitrogens with zero attached hydrogens (tertiary/aromatic N) is 1. The molecule has 1 fully saturated rings. The normalized spacial score (nSPS) is 32.6. The van der Waals surface area contributed by atoms with Gasteiger partial charge in [0.05, 0.1) is 5.69 Å². The van der Waals surface area contributed by atoms with Crippen molar-refractivity contribution in [1.82, 2.24) is 4.57 Å². The minimum Gasteiger partial charge on any atom is -0.455 e. The number of benzene rings is 1. The maximum atomic E-state index is 13.0. The van der Waals surface area contributed by atoms with Crippen LogP contribution in [0.2, 0.25) is 0 Å². The van der Waals surface area contributed by atoms with E-state index in [1.807, 2.05) is 23.9 Å². The summed E-state index contributed by atoms with van der Waals surface area (Å²) in [5.41, 5.74) is 2.30. The van der Waals surface area contributed by atoms with Gasteiger partial charge in [0.25, 0.3) is 0 Å². The SMILES string of the molecule is CO[C@@]12C[C@]3(CC[C@@H]1O)CC(=O)c1c4c3c(c(=O)cc-4ccn1C)O2. The Balaban J connectivity index is 1.95. The Kier molecular flexibility index (Phi) is 2.72. The lowest BCUT2D eigenvalue weighted by molar-refractivity contribution is -0.260. The highest BCUT2D eigenvalue weighted by Crippen LogP contribution is 2.59. The molecule has 1 spiro atoms. The quantitative estimate of drug-likeness (QED) is 0.852. The van der Waals surface area contributed by atoms with Crippen LogP contribution in [0.3, 0.4) is 0 Å². The molecule has 6 heteroatoms. The van der Waals surface area contributed by atoms with Crippen LogP contribution in [0.5, 0.6) is 5.75 Å². The summed E-state index contributed by atoms with van der Waals surface area (Å²) in [6, 6.07) is 3.38. The molecule has 2 bridgehead atoms. The molecular weight excluding hydrogens is 322 g/mol. The van der Waals surface area contributed by atoms with Gasteiger partial charge in [0.1, 0.15) is 6.10 Å². The van der Waals surface area contributed by atoms with Crippen molar-refractivity contribution in [1.29, 1.82) is 0 Å². The van der Waals surface area contributed by atoms with Crippen LogP contribution in [-0.4, -0.2) is 34.5 Å². The van der Waals surface area contributed by atoms with E-state index in [9.17, 15) is 14.7 Å². The Morgan fingerprint density at radius 1 is 1.40 bits per heavy atom. The molecular formula is C19H19NO5. The first-order valence-electron chi connectivity index (χ1n) is 8.53. The molecule has 130 valence electrons. The zero-order valence-corrected chi connectivity index (χ0v) is 14.2. The predicted molar refractivity (Wildman–Crippen MR) is 89.2 cm³/mol. The van der Waals surface area contributed by atoms with Crippen molar-refractivity contribution in [2.75, 3.05) is 7.11 Å². The Labute approximate surface area is 144 Å². The van der Waals surface area contributed by atoms with Crippen LogP contribution in [0.15, 0.2) is 23.1 Å². The summed E-state index contributed by atoms with van der Waals surface area (Å²) in [4.78, 5) is 25.8. The lowest BCUT2D eigenvalue weighted by Crippen LogP contribution is -2.62. The molecule has 1 saturated carbocycles. The minimum atomic E-state index is -1.26. The molecule has 1 N–H and O–H groups in total. The fourth-order valence-electron chi connectivity index (χ4n) is 5.11. The Morgan fingerprint density at radius 2 is 2.20 bits per heavy atom. The van der Waals surface area contributed by atoms with Crippen molar-refractivity contribution in [3.63, 3.8) is 0 Å². The van der Waals surface area contributed by atoms with E-state index in [-0.39, 0.29) is 17.0 Å². The van der Waals surface area contributed by atoms with Gasteiger partial charge in [-0.2, -0.15) is 0 Å². The van der Waals surface area contributed by atoms with Crippen molar-refractivity contribution in [3.8, 4) is 16.9 Å². The highest BCUT2D eigenvalue weighted by molar-refractivity contribution is 6.05. The largest absolute Gasteiger partial charge is 0.455 e. The van der Waals surface area contributed by atoms with Gasteiger partial charge < -0.3 is 19.1 Å². The van der Waals surface area contributed by atoms with E-state index in [1.165, 1.54) is 13.2 Å². The number of aromatic nitrogens is 1. The predicted octanol–water partition coefficient (Wildman–Crippen LogP) is 1.59. The van der Waals surface area contributed by atoms with E-state index >= 15 is 0 Å². The van der Waals surface area contributed by atoms with Gasteiger partial charge in [-0.15, -0.1) is 0 Å². The first-order chi connectivity index (χ1) is 11.9. The van der Waals surface area contributed by atoms with E-state index in [0.717, 1.165) is 16.7 Å². The topological polar surface area (TPSA) is 77.8 Å². The molecule has 0 unspecified atom stereocenters. The number of aliphatic hydroxyl groups is 1. The summed E-state index contributed by atoms with van der Waals surface area (Å²) in [6.07, 6.45) is 2.79. The molecule has 6 nitrogen and oxygen atoms in total. The monoisotopic (exact) mass is 341 g/mol. The number of carbonyl (C=O) groups is 1. The van der Waals surface area contributed by atoms with E-state index in [0.29, 0.717) is 31.4 Å². The number of carbonyl (C=O) groups excluding carboxylic acids is 1. The fraction of sp³-hybridized carbons (Fsp3) is 0.474. The third kappa shape index (κ3) is 1.66. The number of hydrogen-bond acceptors (Lipinski definition) is 5. The Hall–Kier alpha value is -2.18. The fourth-order valence-corrected chi connectivity index (χ4v) is 5.11. The molecule has 2 heterocycles. The molecule has 5 aliphatic rings. The van der Waals surface area contributed by atoms with Crippen molar-refractivity contribution in [3.05, 3.63) is 39.8 Å². The average Bonchev–Trinajstić information content (AvgIpc) is 2.59. The van der Waals surface area contributed by atoms with Gasteiger partial charge in [-0.1, -0.05) is 0 Å². The van der Waals surface area contributed by atoms with Crippen LogP contribution in [0, 0.1) is 0 Å². The Morgan fingerprint density at radius 3 is 2.96 bits per heavy atom. The van der Waals surface area contributed by atoms with Gasteiger partial charge in [-0.3, -0.25) is 9.59 Å². The molecule has 0 aromatic rings. The van der Waals surface area contributed by atoms with Crippen LogP contribution in [0.25, 0.3) is 11.1 Å². The van der Waals surface area contributed by atoms with E-state index in [2.05, 4.69) is 0 Å². The zero-order chi connectivity index (χ0) is 17.6. The van der Waals surface area contributed by atoms with E-state index < -0.39 is 17.3 Å². The second kappa shape index (κ2) is 4.51. The lowest BCUT2D eigenvalue weighted by atomic mass is 9.58. The summed E-state index contributed by atoms with van der Waals surface area (Å²) in [5.74, 6) is -0.958. The first-order valence-corrected chi connectivity index (χ1v) is 8.53. The number of rotatable bonds is 1. The molecule has 0 amide bonds. The molecule has 3 atom stereocenters. The molecule has 0 aromatic heterocycles. The Bertz CT molecular complexity index is 963. The number of ketones is 1. The minimum absolute atomic E-state index is 0.0634. The lowest BCUT2D eigenvalue weighted by Gasteiger charge is -2.55. The molecule has 0 radical (unpaired) electrons. The second-order valence-electron chi connectivity index (χ2n) is 7.55. The number of hydrogen-bond donors (Lipinski definition) is 1. The van der Waals surface area contributed by atoms with Crippen LogP contribution < -0.4 is 10.2 Å². The summed E-state index contributed by atoms with van der Waals surface area (Å²) in [6.45, 7) is 0. The molecule has 3 aliphatic carbocycles. The van der Waals surface area contributed by atoms with Gasteiger partial charge in [0, 0.05) is 49.7 Å². The molecule has 25 heavy (non-hydrogen) atoms. The van der Waals surface area contributed by atoms with Gasteiger partial charge in [-0.25, -0.2) is 0 Å². The number of methoxy groups -OCH3 is 1. The third-order valence-corrected chi connectivity index (χ3v) is 6.25. The van der Waals surface area contributed by atoms with E-state index in [4.69, 9.17) is 9.47 Å².